The molecule has 1 spiro atoms. The highest BCUT2D eigenvalue weighted by Crippen LogP contribution is 2.41. The smallest absolute Gasteiger partial charge is 0.332 e. The SMILES string of the molecule is CCN1C(=O)N(c2cccc3ccccc23)C(=O)C12CCN(Cc1ccc(N3CCCC3)cc1)CC2. The minimum Gasteiger partial charge on any atom is -0.372 e. The van der Waals surface area contributed by atoms with Gasteiger partial charge in [0.25, 0.3) is 5.91 Å². The number of piperidine rings is 1. The molecule has 186 valence electrons. The summed E-state index contributed by atoms with van der Waals surface area (Å²) in [5, 5.41) is 1.97. The van der Waals surface area contributed by atoms with E-state index in [0.717, 1.165) is 43.5 Å². The van der Waals surface area contributed by atoms with Crippen LogP contribution in [-0.2, 0) is 11.3 Å². The molecule has 3 aromatic rings. The molecule has 0 radical (unpaired) electrons. The first-order valence-electron chi connectivity index (χ1n) is 13.3. The number of rotatable bonds is 5. The van der Waals surface area contributed by atoms with E-state index in [4.69, 9.17) is 0 Å². The van der Waals surface area contributed by atoms with E-state index in [1.807, 2.05) is 54.3 Å². The molecule has 6 rings (SSSR count). The summed E-state index contributed by atoms with van der Waals surface area (Å²) in [7, 11) is 0. The van der Waals surface area contributed by atoms with Crippen molar-refractivity contribution in [3.05, 3.63) is 72.3 Å². The molecule has 3 saturated heterocycles. The van der Waals surface area contributed by atoms with Crippen LogP contribution in [-0.4, -0.2) is 60.0 Å². The monoisotopic (exact) mass is 482 g/mol. The van der Waals surface area contributed by atoms with Crippen molar-refractivity contribution in [3.8, 4) is 0 Å². The van der Waals surface area contributed by atoms with Crippen molar-refractivity contribution in [2.75, 3.05) is 42.5 Å². The number of likely N-dealkylation sites (N-methyl/N-ethyl adjacent to an activating group) is 1. The largest absolute Gasteiger partial charge is 0.372 e. The zero-order valence-corrected chi connectivity index (χ0v) is 21.0. The number of nitrogens with zero attached hydrogens (tertiary/aromatic N) is 4. The second kappa shape index (κ2) is 9.25. The zero-order chi connectivity index (χ0) is 24.7. The van der Waals surface area contributed by atoms with Crippen LogP contribution in [0.15, 0.2) is 66.7 Å². The molecule has 0 atom stereocenters. The number of urea groups is 1. The van der Waals surface area contributed by atoms with Crippen LogP contribution in [0.3, 0.4) is 0 Å². The summed E-state index contributed by atoms with van der Waals surface area (Å²) in [6, 6.07) is 22.6. The first-order chi connectivity index (χ1) is 17.6. The molecule has 0 bridgehead atoms. The van der Waals surface area contributed by atoms with Gasteiger partial charge in [-0.1, -0.05) is 48.5 Å². The minimum atomic E-state index is -0.751. The van der Waals surface area contributed by atoms with Crippen molar-refractivity contribution in [2.24, 2.45) is 0 Å². The van der Waals surface area contributed by atoms with E-state index < -0.39 is 5.54 Å². The molecule has 3 fully saturated rings. The van der Waals surface area contributed by atoms with Crippen LogP contribution in [0.5, 0.6) is 0 Å². The molecule has 3 aliphatic rings. The molecule has 0 aliphatic carbocycles. The van der Waals surface area contributed by atoms with E-state index in [-0.39, 0.29) is 11.9 Å². The average molecular weight is 483 g/mol. The number of carbonyl (C=O) groups is 2. The van der Waals surface area contributed by atoms with E-state index in [9.17, 15) is 9.59 Å². The summed E-state index contributed by atoms with van der Waals surface area (Å²) in [5.74, 6) is -0.0691. The number of carbonyl (C=O) groups excluding carboxylic acids is 2. The highest BCUT2D eigenvalue weighted by Gasteiger charge is 2.58. The molecular weight excluding hydrogens is 448 g/mol. The van der Waals surface area contributed by atoms with Gasteiger partial charge in [-0.25, -0.2) is 9.69 Å². The van der Waals surface area contributed by atoms with Crippen molar-refractivity contribution < 1.29 is 9.59 Å². The Labute approximate surface area is 213 Å². The lowest BCUT2D eigenvalue weighted by molar-refractivity contribution is -0.127. The Hall–Kier alpha value is -3.38. The summed E-state index contributed by atoms with van der Waals surface area (Å²) in [5.41, 5.74) is 2.56. The van der Waals surface area contributed by atoms with Crippen LogP contribution in [0.25, 0.3) is 10.8 Å². The molecule has 0 saturated carbocycles. The highest BCUT2D eigenvalue weighted by molar-refractivity contribution is 6.26. The molecule has 0 aromatic heterocycles. The zero-order valence-electron chi connectivity index (χ0n) is 21.0. The molecule has 3 aromatic carbocycles. The van der Waals surface area contributed by atoms with Gasteiger partial charge in [-0.3, -0.25) is 9.69 Å². The number of benzene rings is 3. The van der Waals surface area contributed by atoms with Crippen LogP contribution in [0.1, 0.15) is 38.2 Å². The normalized spacial score (nSPS) is 20.3. The van der Waals surface area contributed by atoms with Crippen LogP contribution in [0.4, 0.5) is 16.2 Å². The third-order valence-corrected chi connectivity index (χ3v) is 8.36. The van der Waals surface area contributed by atoms with Crippen molar-refractivity contribution in [1.29, 1.82) is 0 Å². The molecule has 3 amide bonds. The third-order valence-electron chi connectivity index (χ3n) is 8.36. The second-order valence-electron chi connectivity index (χ2n) is 10.3. The summed E-state index contributed by atoms with van der Waals surface area (Å²) in [6.07, 6.45) is 3.90. The van der Waals surface area contributed by atoms with Gasteiger partial charge in [-0.2, -0.15) is 0 Å². The molecule has 0 unspecified atom stereocenters. The predicted molar refractivity (Wildman–Crippen MR) is 144 cm³/mol. The number of amides is 3. The molecular formula is C30H34N4O2. The fourth-order valence-electron chi connectivity index (χ4n) is 6.38. The number of likely N-dealkylation sites (tertiary alicyclic amines) is 1. The van der Waals surface area contributed by atoms with Gasteiger partial charge < -0.3 is 9.80 Å². The van der Waals surface area contributed by atoms with Gasteiger partial charge in [0, 0.05) is 50.3 Å². The van der Waals surface area contributed by atoms with Crippen LogP contribution < -0.4 is 9.80 Å². The van der Waals surface area contributed by atoms with Gasteiger partial charge in [0.15, 0.2) is 0 Å². The lowest BCUT2D eigenvalue weighted by Crippen LogP contribution is -2.56. The molecule has 6 heteroatoms. The van der Waals surface area contributed by atoms with Crippen molar-refractivity contribution in [3.63, 3.8) is 0 Å². The standard InChI is InChI=1S/C30H34N4O2/c1-2-33-29(36)34(27-11-7-9-24-8-3-4-10-26(24)27)28(35)30(33)16-20-31(21-17-30)22-23-12-14-25(15-13-23)32-18-5-6-19-32/h3-4,7-15H,2,5-6,16-22H2,1H3. The second-order valence-corrected chi connectivity index (χ2v) is 10.3. The number of hydrogen-bond donors (Lipinski definition) is 0. The quantitative estimate of drug-likeness (QED) is 0.465. The Kier molecular flexibility index (Phi) is 5.92. The summed E-state index contributed by atoms with van der Waals surface area (Å²) < 4.78 is 0. The first-order valence-corrected chi connectivity index (χ1v) is 13.3. The van der Waals surface area contributed by atoms with E-state index in [1.165, 1.54) is 29.0 Å². The van der Waals surface area contributed by atoms with Gasteiger partial charge in [-0.05, 0) is 61.8 Å². The lowest BCUT2D eigenvalue weighted by atomic mass is 9.85. The van der Waals surface area contributed by atoms with Crippen LogP contribution >= 0.6 is 0 Å². The number of hydrogen-bond acceptors (Lipinski definition) is 4. The number of anilines is 2. The van der Waals surface area contributed by atoms with Crippen molar-refractivity contribution in [2.45, 2.75) is 44.7 Å². The maximum atomic E-state index is 14.0. The minimum absolute atomic E-state index is 0.0691. The Morgan fingerprint density at radius 1 is 0.806 bits per heavy atom. The molecule has 3 heterocycles. The number of imide groups is 1. The van der Waals surface area contributed by atoms with E-state index in [2.05, 4.69) is 34.1 Å². The highest BCUT2D eigenvalue weighted by atomic mass is 16.2. The van der Waals surface area contributed by atoms with Gasteiger partial charge in [0.05, 0.1) is 5.69 Å². The van der Waals surface area contributed by atoms with Gasteiger partial charge >= 0.3 is 6.03 Å². The van der Waals surface area contributed by atoms with E-state index in [0.29, 0.717) is 25.1 Å². The first kappa shape index (κ1) is 23.0. The topological polar surface area (TPSA) is 47.1 Å². The Balaban J connectivity index is 1.19. The summed E-state index contributed by atoms with van der Waals surface area (Å²) >= 11 is 0. The Morgan fingerprint density at radius 3 is 2.22 bits per heavy atom. The summed E-state index contributed by atoms with van der Waals surface area (Å²) in [4.78, 5) is 35.7. The fraction of sp³-hybridized carbons (Fsp3) is 0.400. The Morgan fingerprint density at radius 2 is 1.50 bits per heavy atom. The van der Waals surface area contributed by atoms with Crippen molar-refractivity contribution in [1.82, 2.24) is 9.80 Å². The fourth-order valence-corrected chi connectivity index (χ4v) is 6.38. The molecule has 0 N–H and O–H groups in total. The van der Waals surface area contributed by atoms with Gasteiger partial charge in [-0.15, -0.1) is 0 Å². The maximum absolute atomic E-state index is 14.0. The third kappa shape index (κ3) is 3.75. The van der Waals surface area contributed by atoms with E-state index >= 15 is 0 Å². The maximum Gasteiger partial charge on any atom is 0.332 e. The molecule has 36 heavy (non-hydrogen) atoms. The van der Waals surface area contributed by atoms with Gasteiger partial charge in [0.2, 0.25) is 0 Å². The lowest BCUT2D eigenvalue weighted by Gasteiger charge is -2.42. The number of fused-ring (bicyclic) bond motifs is 1. The van der Waals surface area contributed by atoms with Crippen LogP contribution in [0, 0.1) is 0 Å². The Bertz CT molecular complexity index is 1270. The van der Waals surface area contributed by atoms with Crippen molar-refractivity contribution >= 4 is 34.1 Å². The van der Waals surface area contributed by atoms with E-state index in [1.54, 1.807) is 0 Å². The van der Waals surface area contributed by atoms with Crippen LogP contribution in [0.2, 0.25) is 0 Å². The molecule has 6 nitrogen and oxygen atoms in total. The predicted octanol–water partition coefficient (Wildman–Crippen LogP) is 5.26. The average Bonchev–Trinajstić information content (AvgIpc) is 3.52. The molecule has 3 aliphatic heterocycles. The van der Waals surface area contributed by atoms with Gasteiger partial charge in [0.1, 0.15) is 5.54 Å². The summed E-state index contributed by atoms with van der Waals surface area (Å²) in [6.45, 7) is 7.29.